The molecule has 0 fully saturated rings. The molecule has 1 aromatic carbocycles. The molecular formula is C16H13N5OS. The zero-order chi connectivity index (χ0) is 16.8. The van der Waals surface area contributed by atoms with Crippen LogP contribution in [-0.2, 0) is 4.79 Å². The highest BCUT2D eigenvalue weighted by atomic mass is 32.2. The lowest BCUT2D eigenvalue weighted by molar-refractivity contribution is -0.113. The Hall–Kier alpha value is -3.03. The van der Waals surface area contributed by atoms with Gasteiger partial charge in [-0.25, -0.2) is 4.98 Å². The van der Waals surface area contributed by atoms with Crippen LogP contribution in [0.5, 0.6) is 0 Å². The second-order valence-corrected chi connectivity index (χ2v) is 5.66. The number of rotatable bonds is 4. The smallest absolute Gasteiger partial charge is 0.234 e. The summed E-state index contributed by atoms with van der Waals surface area (Å²) in [5.74, 6) is -0.0821. The maximum absolute atomic E-state index is 12.0. The first-order valence-corrected chi connectivity index (χ1v) is 7.62. The van der Waals surface area contributed by atoms with E-state index < -0.39 is 0 Å². The molecule has 1 amide bonds. The highest BCUT2D eigenvalue weighted by molar-refractivity contribution is 8.00. The molecule has 7 heteroatoms. The van der Waals surface area contributed by atoms with Gasteiger partial charge in [-0.05, 0) is 25.1 Å². The number of pyridine rings is 1. The van der Waals surface area contributed by atoms with Crippen molar-refractivity contribution in [1.82, 2.24) is 4.98 Å². The van der Waals surface area contributed by atoms with Crippen molar-refractivity contribution in [1.29, 1.82) is 10.5 Å². The van der Waals surface area contributed by atoms with Crippen molar-refractivity contribution in [2.24, 2.45) is 0 Å². The van der Waals surface area contributed by atoms with Gasteiger partial charge in [-0.3, -0.25) is 4.79 Å². The molecule has 3 N–H and O–H groups in total. The lowest BCUT2D eigenvalue weighted by Crippen LogP contribution is -2.14. The lowest BCUT2D eigenvalue weighted by Gasteiger charge is -2.07. The molecule has 0 atom stereocenters. The van der Waals surface area contributed by atoms with Gasteiger partial charge in [-0.15, -0.1) is 0 Å². The van der Waals surface area contributed by atoms with E-state index in [0.717, 1.165) is 17.3 Å². The van der Waals surface area contributed by atoms with Crippen molar-refractivity contribution in [3.63, 3.8) is 0 Å². The molecule has 0 unspecified atom stereocenters. The first-order chi connectivity index (χ1) is 11.0. The van der Waals surface area contributed by atoms with E-state index in [9.17, 15) is 4.79 Å². The summed E-state index contributed by atoms with van der Waals surface area (Å²) in [6.45, 7) is 1.96. The predicted molar refractivity (Wildman–Crippen MR) is 88.6 cm³/mol. The first-order valence-electron chi connectivity index (χ1n) is 6.63. The van der Waals surface area contributed by atoms with Gasteiger partial charge in [0.1, 0.15) is 23.0 Å². The number of hydrogen-bond acceptors (Lipinski definition) is 6. The number of nitrogen functional groups attached to an aromatic ring is 1. The van der Waals surface area contributed by atoms with Crippen molar-refractivity contribution >= 4 is 29.2 Å². The molecule has 0 aliphatic carbocycles. The largest absolute Gasteiger partial charge is 0.383 e. The van der Waals surface area contributed by atoms with Gasteiger partial charge in [0.05, 0.1) is 16.9 Å². The second-order valence-electron chi connectivity index (χ2n) is 4.70. The Morgan fingerprint density at radius 3 is 2.52 bits per heavy atom. The summed E-state index contributed by atoms with van der Waals surface area (Å²) < 4.78 is 0. The Kier molecular flexibility index (Phi) is 5.19. The fraction of sp³-hybridized carbons (Fsp3) is 0.125. The van der Waals surface area contributed by atoms with Crippen molar-refractivity contribution in [3.8, 4) is 12.1 Å². The van der Waals surface area contributed by atoms with Crippen LogP contribution >= 0.6 is 11.8 Å². The molecule has 0 saturated heterocycles. The zero-order valence-corrected chi connectivity index (χ0v) is 13.1. The van der Waals surface area contributed by atoms with Crippen molar-refractivity contribution in [2.75, 3.05) is 16.8 Å². The van der Waals surface area contributed by atoms with Crippen LogP contribution in [0.3, 0.4) is 0 Å². The number of nitrogens with one attached hydrogen (secondary N) is 1. The molecule has 0 bridgehead atoms. The molecule has 1 heterocycles. The molecule has 0 radical (unpaired) electrons. The van der Waals surface area contributed by atoms with Crippen LogP contribution in [-0.4, -0.2) is 16.6 Å². The number of benzene rings is 1. The summed E-state index contributed by atoms with van der Waals surface area (Å²) in [6.07, 6.45) is 0. The Bertz CT molecular complexity index is 818. The van der Waals surface area contributed by atoms with Gasteiger partial charge >= 0.3 is 0 Å². The number of anilines is 2. The van der Waals surface area contributed by atoms with Crippen LogP contribution in [0.2, 0.25) is 0 Å². The van der Waals surface area contributed by atoms with Crippen LogP contribution in [0.4, 0.5) is 11.5 Å². The number of nitriles is 2. The van der Waals surface area contributed by atoms with Gasteiger partial charge in [0, 0.05) is 5.69 Å². The lowest BCUT2D eigenvalue weighted by atomic mass is 10.2. The number of aryl methyl sites for hydroxylation is 1. The van der Waals surface area contributed by atoms with E-state index in [1.165, 1.54) is 6.07 Å². The van der Waals surface area contributed by atoms with Gasteiger partial charge in [0.25, 0.3) is 0 Å². The maximum atomic E-state index is 12.0. The SMILES string of the molecule is Cc1ccc(NC(=O)CSc2nc(N)c(C#N)cc2C#N)cc1. The van der Waals surface area contributed by atoms with E-state index in [-0.39, 0.29) is 28.6 Å². The molecule has 0 aliphatic heterocycles. The second kappa shape index (κ2) is 7.30. The van der Waals surface area contributed by atoms with Crippen molar-refractivity contribution in [2.45, 2.75) is 11.9 Å². The van der Waals surface area contributed by atoms with E-state index in [2.05, 4.69) is 10.3 Å². The number of amides is 1. The number of nitrogens with two attached hydrogens (primary N) is 1. The topological polar surface area (TPSA) is 116 Å². The molecule has 0 aliphatic rings. The number of hydrogen-bond donors (Lipinski definition) is 2. The number of aromatic nitrogens is 1. The average Bonchev–Trinajstić information content (AvgIpc) is 2.55. The van der Waals surface area contributed by atoms with Crippen LogP contribution in [0.1, 0.15) is 16.7 Å². The van der Waals surface area contributed by atoms with Crippen LogP contribution < -0.4 is 11.1 Å². The van der Waals surface area contributed by atoms with E-state index >= 15 is 0 Å². The summed E-state index contributed by atoms with van der Waals surface area (Å²) in [5, 5.41) is 21.1. The Balaban J connectivity index is 2.04. The molecule has 6 nitrogen and oxygen atoms in total. The molecule has 2 aromatic rings. The minimum atomic E-state index is -0.215. The van der Waals surface area contributed by atoms with Crippen molar-refractivity contribution in [3.05, 3.63) is 47.0 Å². The summed E-state index contributed by atoms with van der Waals surface area (Å²) in [5.41, 5.74) is 7.82. The van der Waals surface area contributed by atoms with Gasteiger partial charge in [-0.2, -0.15) is 10.5 Å². The summed E-state index contributed by atoms with van der Waals surface area (Å²) in [7, 11) is 0. The quantitative estimate of drug-likeness (QED) is 0.835. The fourth-order valence-electron chi connectivity index (χ4n) is 1.76. The van der Waals surface area contributed by atoms with Crippen molar-refractivity contribution < 1.29 is 4.79 Å². The highest BCUT2D eigenvalue weighted by Crippen LogP contribution is 2.24. The van der Waals surface area contributed by atoms with Gasteiger partial charge < -0.3 is 11.1 Å². The Morgan fingerprint density at radius 1 is 1.26 bits per heavy atom. The molecule has 2 rings (SSSR count). The van der Waals surface area contributed by atoms with Gasteiger partial charge in [0.2, 0.25) is 5.91 Å². The first kappa shape index (κ1) is 16.3. The third-order valence-corrected chi connectivity index (χ3v) is 3.92. The van der Waals surface area contributed by atoms with Crippen LogP contribution in [0.25, 0.3) is 0 Å². The standard InChI is InChI=1S/C16H13N5OS/c1-10-2-4-13(5-3-10)20-14(22)9-23-16-12(8-18)6-11(7-17)15(19)21-16/h2-6H,9H2,1H3,(H2,19,21)(H,20,22). The van der Waals surface area contributed by atoms with E-state index in [0.29, 0.717) is 10.7 Å². The number of carbonyl (C=O) groups excluding carboxylic acids is 1. The van der Waals surface area contributed by atoms with Crippen LogP contribution in [0.15, 0.2) is 35.4 Å². The predicted octanol–water partition coefficient (Wildman–Crippen LogP) is 2.45. The third-order valence-electron chi connectivity index (χ3n) is 2.93. The highest BCUT2D eigenvalue weighted by Gasteiger charge is 2.12. The Morgan fingerprint density at radius 2 is 1.91 bits per heavy atom. The number of thioether (sulfide) groups is 1. The van der Waals surface area contributed by atoms with Crippen LogP contribution in [0, 0.1) is 29.6 Å². The molecule has 1 aromatic heterocycles. The van der Waals surface area contributed by atoms with Gasteiger partial charge in [-0.1, -0.05) is 29.5 Å². The van der Waals surface area contributed by atoms with E-state index in [4.69, 9.17) is 16.3 Å². The molecule has 0 saturated carbocycles. The Labute approximate surface area is 137 Å². The molecular weight excluding hydrogens is 310 g/mol. The fourth-order valence-corrected chi connectivity index (χ4v) is 2.52. The number of nitrogens with zero attached hydrogens (tertiary/aromatic N) is 3. The normalized spacial score (nSPS) is 9.70. The summed E-state index contributed by atoms with van der Waals surface area (Å²) in [6, 6.07) is 12.6. The van der Waals surface area contributed by atoms with E-state index in [1.54, 1.807) is 0 Å². The number of carbonyl (C=O) groups is 1. The minimum absolute atomic E-state index is 0.0490. The minimum Gasteiger partial charge on any atom is -0.383 e. The average molecular weight is 323 g/mol. The zero-order valence-electron chi connectivity index (χ0n) is 12.3. The molecule has 23 heavy (non-hydrogen) atoms. The van der Waals surface area contributed by atoms with E-state index in [1.807, 2.05) is 43.3 Å². The monoisotopic (exact) mass is 323 g/mol. The molecule has 114 valence electrons. The molecule has 0 spiro atoms. The van der Waals surface area contributed by atoms with Gasteiger partial charge in [0.15, 0.2) is 0 Å². The third kappa shape index (κ3) is 4.22. The summed E-state index contributed by atoms with van der Waals surface area (Å²) in [4.78, 5) is 16.0. The summed E-state index contributed by atoms with van der Waals surface area (Å²) >= 11 is 1.10. The maximum Gasteiger partial charge on any atom is 0.234 e.